The van der Waals surface area contributed by atoms with Crippen LogP contribution in [0.3, 0.4) is 0 Å². The molecule has 1 atom stereocenters. The second-order valence-electron chi connectivity index (χ2n) is 5.66. The lowest BCUT2D eigenvalue weighted by atomic mass is 9.77. The van der Waals surface area contributed by atoms with Crippen molar-refractivity contribution in [2.24, 2.45) is 0 Å². The number of benzene rings is 2. The van der Waals surface area contributed by atoms with E-state index in [2.05, 4.69) is 12.3 Å². The second kappa shape index (κ2) is 6.92. The van der Waals surface area contributed by atoms with Gasteiger partial charge < -0.3 is 4.74 Å². The van der Waals surface area contributed by atoms with E-state index in [9.17, 15) is 4.79 Å². The molecule has 0 fully saturated rings. The van der Waals surface area contributed by atoms with Crippen molar-refractivity contribution in [1.29, 1.82) is 0 Å². The zero-order valence-corrected chi connectivity index (χ0v) is 14.1. The number of hydrogen-bond donors (Lipinski definition) is 0. The summed E-state index contributed by atoms with van der Waals surface area (Å²) in [4.78, 5) is 12.3. The molecule has 2 aromatic carbocycles. The topological polar surface area (TPSA) is 26.3 Å². The molecule has 0 saturated heterocycles. The van der Waals surface area contributed by atoms with E-state index in [1.165, 1.54) is 0 Å². The van der Waals surface area contributed by atoms with Gasteiger partial charge in [-0.1, -0.05) is 42.4 Å². The highest BCUT2D eigenvalue weighted by atomic mass is 35.5. The van der Waals surface area contributed by atoms with Gasteiger partial charge in [0, 0.05) is 22.9 Å². The predicted octanol–water partition coefficient (Wildman–Crippen LogP) is 5.20. The van der Waals surface area contributed by atoms with Crippen LogP contribution in [0.25, 0.3) is 5.57 Å². The molecule has 0 radical (unpaired) electrons. The van der Waals surface area contributed by atoms with Crippen molar-refractivity contribution in [3.05, 3.63) is 88.6 Å². The number of rotatable bonds is 3. The quantitative estimate of drug-likeness (QED) is 0.720. The van der Waals surface area contributed by atoms with Gasteiger partial charge in [0.25, 0.3) is 0 Å². The summed E-state index contributed by atoms with van der Waals surface area (Å²) in [6.07, 6.45) is 2.06. The first-order chi connectivity index (χ1) is 11.6. The van der Waals surface area contributed by atoms with Crippen LogP contribution < -0.4 is 4.74 Å². The normalized spacial score (nSPS) is 17.2. The first-order valence-corrected chi connectivity index (χ1v) is 8.05. The monoisotopic (exact) mass is 336 g/mol. The highest BCUT2D eigenvalue weighted by molar-refractivity contribution is 6.30. The highest BCUT2D eigenvalue weighted by Gasteiger charge is 2.28. The molecule has 120 valence electrons. The fraction of sp³-hybridized carbons (Fsp3) is 0.143. The van der Waals surface area contributed by atoms with Gasteiger partial charge in [-0.05, 0) is 47.0 Å². The van der Waals surface area contributed by atoms with Crippen LogP contribution in [0.2, 0.25) is 5.02 Å². The summed E-state index contributed by atoms with van der Waals surface area (Å²) in [5, 5.41) is 0.654. The molecule has 2 nitrogen and oxygen atoms in total. The average Bonchev–Trinajstić information content (AvgIpc) is 2.61. The van der Waals surface area contributed by atoms with Crippen molar-refractivity contribution in [2.75, 3.05) is 7.11 Å². The van der Waals surface area contributed by atoms with Gasteiger partial charge in [-0.15, -0.1) is 5.73 Å². The summed E-state index contributed by atoms with van der Waals surface area (Å²) in [5.41, 5.74) is 6.70. The molecule has 3 rings (SSSR count). The van der Waals surface area contributed by atoms with Crippen molar-refractivity contribution in [3.8, 4) is 5.75 Å². The first kappa shape index (κ1) is 16.3. The number of allylic oxidation sites excluding steroid dienone is 3. The van der Waals surface area contributed by atoms with E-state index >= 15 is 0 Å². The average molecular weight is 337 g/mol. The summed E-state index contributed by atoms with van der Waals surface area (Å²) in [7, 11) is 1.62. The third-order valence-electron chi connectivity index (χ3n) is 4.17. The van der Waals surface area contributed by atoms with Crippen LogP contribution in [0.15, 0.2) is 72.5 Å². The van der Waals surface area contributed by atoms with Crippen LogP contribution in [0, 0.1) is 0 Å². The van der Waals surface area contributed by atoms with E-state index in [1.54, 1.807) is 13.2 Å². The summed E-state index contributed by atoms with van der Waals surface area (Å²) < 4.78 is 5.29. The maximum Gasteiger partial charge on any atom is 0.157 e. The van der Waals surface area contributed by atoms with Gasteiger partial charge in [0.15, 0.2) is 5.78 Å². The molecule has 0 saturated carbocycles. The smallest absolute Gasteiger partial charge is 0.157 e. The molecule has 0 unspecified atom stereocenters. The lowest BCUT2D eigenvalue weighted by Crippen LogP contribution is -2.15. The molecule has 0 bridgehead atoms. The fourth-order valence-corrected chi connectivity index (χ4v) is 3.24. The van der Waals surface area contributed by atoms with Crippen LogP contribution in [-0.2, 0) is 4.79 Å². The van der Waals surface area contributed by atoms with Gasteiger partial charge in [-0.3, -0.25) is 4.79 Å². The Labute approximate surface area is 146 Å². The fourth-order valence-electron chi connectivity index (χ4n) is 3.04. The van der Waals surface area contributed by atoms with E-state index in [1.807, 2.05) is 48.5 Å². The van der Waals surface area contributed by atoms with Crippen LogP contribution >= 0.6 is 11.6 Å². The van der Waals surface area contributed by atoms with Gasteiger partial charge in [0.05, 0.1) is 7.11 Å². The number of carbonyl (C=O) groups excluding carboxylic acids is 1. The number of carbonyl (C=O) groups is 1. The van der Waals surface area contributed by atoms with E-state index in [-0.39, 0.29) is 11.7 Å². The summed E-state index contributed by atoms with van der Waals surface area (Å²) in [6.45, 7) is 3.85. The Morgan fingerprint density at radius 3 is 2.71 bits per heavy atom. The molecule has 0 aromatic heterocycles. The zero-order valence-electron chi connectivity index (χ0n) is 13.4. The van der Waals surface area contributed by atoms with E-state index in [0.29, 0.717) is 11.4 Å². The zero-order chi connectivity index (χ0) is 17.1. The van der Waals surface area contributed by atoms with Crippen LogP contribution in [0.5, 0.6) is 5.75 Å². The highest BCUT2D eigenvalue weighted by Crippen LogP contribution is 2.41. The first-order valence-electron chi connectivity index (χ1n) is 7.67. The van der Waals surface area contributed by atoms with Crippen molar-refractivity contribution in [1.82, 2.24) is 0 Å². The Bertz CT molecular complexity index is 873. The molecule has 1 aliphatic carbocycles. The lowest BCUT2D eigenvalue weighted by Gasteiger charge is -2.25. The summed E-state index contributed by atoms with van der Waals surface area (Å²) >= 11 is 6.12. The minimum absolute atomic E-state index is 0.0804. The number of methoxy groups -OCH3 is 1. The molecule has 0 heterocycles. The minimum Gasteiger partial charge on any atom is -0.497 e. The lowest BCUT2D eigenvalue weighted by molar-refractivity contribution is -0.114. The molecule has 24 heavy (non-hydrogen) atoms. The summed E-state index contributed by atoms with van der Waals surface area (Å²) in [5.74, 6) is 0.728. The van der Waals surface area contributed by atoms with Crippen LogP contribution in [0.1, 0.15) is 23.5 Å². The van der Waals surface area contributed by atoms with Gasteiger partial charge >= 0.3 is 0 Å². The minimum atomic E-state index is -0.0973. The van der Waals surface area contributed by atoms with Gasteiger partial charge in [0.2, 0.25) is 0 Å². The number of hydrogen-bond acceptors (Lipinski definition) is 2. The number of ketones is 1. The molecule has 1 aliphatic rings. The van der Waals surface area contributed by atoms with E-state index < -0.39 is 0 Å². The van der Waals surface area contributed by atoms with E-state index in [0.717, 1.165) is 28.0 Å². The standard InChI is InChI=1S/C21H17ClO2/c1-3-19-20(14-6-4-8-16(22)10-14)12-17(23)13-21(19)15-7-5-9-18(11-15)24-2/h4-11,13,20H,1,12H2,2H3/t20-/m0/s1. The maximum atomic E-state index is 12.3. The largest absolute Gasteiger partial charge is 0.497 e. The molecule has 0 N–H and O–H groups in total. The third kappa shape index (κ3) is 3.21. The van der Waals surface area contributed by atoms with Crippen molar-refractivity contribution >= 4 is 23.0 Å². The van der Waals surface area contributed by atoms with Crippen molar-refractivity contribution in [3.63, 3.8) is 0 Å². The molecule has 0 aliphatic heterocycles. The molecular formula is C21H17ClO2. The molecule has 0 amide bonds. The molecule has 3 heteroatoms. The second-order valence-corrected chi connectivity index (χ2v) is 6.09. The molecular weight excluding hydrogens is 320 g/mol. The Morgan fingerprint density at radius 1 is 1.21 bits per heavy atom. The van der Waals surface area contributed by atoms with Crippen molar-refractivity contribution < 1.29 is 9.53 Å². The van der Waals surface area contributed by atoms with Crippen LogP contribution in [0.4, 0.5) is 0 Å². The Morgan fingerprint density at radius 2 is 2.00 bits per heavy atom. The van der Waals surface area contributed by atoms with Gasteiger partial charge in [-0.25, -0.2) is 0 Å². The SMILES string of the molecule is C=C=C1C(c2cccc(OC)c2)=CC(=O)C[C@H]1c1cccc(Cl)c1. The Balaban J connectivity index is 2.09. The maximum absolute atomic E-state index is 12.3. The molecule has 0 spiro atoms. The Kier molecular flexibility index (Phi) is 4.71. The van der Waals surface area contributed by atoms with Gasteiger partial charge in [-0.2, -0.15) is 0 Å². The van der Waals surface area contributed by atoms with Crippen molar-refractivity contribution in [2.45, 2.75) is 12.3 Å². The number of ether oxygens (including phenoxy) is 1. The van der Waals surface area contributed by atoms with Gasteiger partial charge in [0.1, 0.15) is 5.75 Å². The Hall–Kier alpha value is -2.54. The molecule has 2 aromatic rings. The van der Waals surface area contributed by atoms with E-state index in [4.69, 9.17) is 16.3 Å². The predicted molar refractivity (Wildman–Crippen MR) is 97.4 cm³/mol. The third-order valence-corrected chi connectivity index (χ3v) is 4.41. The summed E-state index contributed by atoms with van der Waals surface area (Å²) in [6, 6.07) is 15.2. The van der Waals surface area contributed by atoms with Crippen LogP contribution in [-0.4, -0.2) is 12.9 Å². The number of halogens is 1.